The zero-order valence-electron chi connectivity index (χ0n) is 15.6. The zero-order valence-corrected chi connectivity index (χ0v) is 15.6. The molecule has 1 heterocycles. The Balaban J connectivity index is 1.53. The number of hydrogen-bond donors (Lipinski definition) is 1. The first-order chi connectivity index (χ1) is 12.7. The SMILES string of the molecule is CCOC1CC(C(=O)Nc2c(C)cnn2[C@H]2CCCc3ccccc32)C1. The lowest BCUT2D eigenvalue weighted by atomic mass is 9.81. The monoisotopic (exact) mass is 353 g/mol. The van der Waals surface area contributed by atoms with E-state index in [0.717, 1.165) is 43.5 Å². The van der Waals surface area contributed by atoms with Gasteiger partial charge in [-0.15, -0.1) is 0 Å². The number of nitrogens with zero attached hydrogens (tertiary/aromatic N) is 2. The van der Waals surface area contributed by atoms with Gasteiger partial charge >= 0.3 is 0 Å². The van der Waals surface area contributed by atoms with Crippen molar-refractivity contribution in [2.24, 2.45) is 5.92 Å². The normalized spacial score (nSPS) is 24.6. The number of anilines is 1. The molecule has 1 aromatic carbocycles. The maximum absolute atomic E-state index is 12.7. The standard InChI is InChI=1S/C21H27N3O2/c1-3-26-17-11-16(12-17)21(25)23-20-14(2)13-22-24(20)19-10-6-8-15-7-4-5-9-18(15)19/h4-5,7,9,13,16-17,19H,3,6,8,10-12H2,1-2H3,(H,23,25)/t16?,17?,19-/m0/s1. The van der Waals surface area contributed by atoms with Gasteiger partial charge in [0.15, 0.2) is 0 Å². The summed E-state index contributed by atoms with van der Waals surface area (Å²) in [6.45, 7) is 4.72. The van der Waals surface area contributed by atoms with E-state index in [1.54, 1.807) is 0 Å². The first-order valence-corrected chi connectivity index (χ1v) is 9.71. The van der Waals surface area contributed by atoms with Crippen molar-refractivity contribution in [2.75, 3.05) is 11.9 Å². The maximum Gasteiger partial charge on any atom is 0.228 e. The van der Waals surface area contributed by atoms with E-state index in [-0.39, 0.29) is 24.0 Å². The minimum absolute atomic E-state index is 0.0490. The summed E-state index contributed by atoms with van der Waals surface area (Å²) >= 11 is 0. The minimum atomic E-state index is 0.0490. The fourth-order valence-corrected chi connectivity index (χ4v) is 4.19. The van der Waals surface area contributed by atoms with Gasteiger partial charge in [-0.2, -0.15) is 5.10 Å². The summed E-state index contributed by atoms with van der Waals surface area (Å²) in [5, 5.41) is 7.77. The minimum Gasteiger partial charge on any atom is -0.378 e. The Kier molecular flexibility index (Phi) is 4.81. The molecule has 2 aromatic rings. The van der Waals surface area contributed by atoms with Crippen LogP contribution in [0.2, 0.25) is 0 Å². The number of carbonyl (C=O) groups is 1. The summed E-state index contributed by atoms with van der Waals surface area (Å²) in [6.07, 6.45) is 7.06. The molecule has 1 amide bonds. The summed E-state index contributed by atoms with van der Waals surface area (Å²) in [5.74, 6) is 0.986. The number of amides is 1. The largest absolute Gasteiger partial charge is 0.378 e. The van der Waals surface area contributed by atoms with Crippen LogP contribution in [-0.2, 0) is 16.0 Å². The van der Waals surface area contributed by atoms with Crippen LogP contribution < -0.4 is 5.32 Å². The van der Waals surface area contributed by atoms with Crippen LogP contribution in [0.5, 0.6) is 0 Å². The van der Waals surface area contributed by atoms with E-state index >= 15 is 0 Å². The van der Waals surface area contributed by atoms with Crippen LogP contribution in [0.4, 0.5) is 5.82 Å². The molecular weight excluding hydrogens is 326 g/mol. The van der Waals surface area contributed by atoms with Gasteiger partial charge in [0.25, 0.3) is 0 Å². The van der Waals surface area contributed by atoms with Gasteiger partial charge in [-0.05, 0) is 57.1 Å². The molecule has 5 nitrogen and oxygen atoms in total. The second kappa shape index (κ2) is 7.23. The second-order valence-corrected chi connectivity index (χ2v) is 7.46. The topological polar surface area (TPSA) is 56.1 Å². The molecule has 0 bridgehead atoms. The highest BCUT2D eigenvalue weighted by molar-refractivity contribution is 5.93. The Morgan fingerprint density at radius 2 is 2.15 bits per heavy atom. The van der Waals surface area contributed by atoms with Crippen LogP contribution in [0.25, 0.3) is 0 Å². The third-order valence-corrected chi connectivity index (χ3v) is 5.72. The van der Waals surface area contributed by atoms with Gasteiger partial charge in [0, 0.05) is 18.1 Å². The van der Waals surface area contributed by atoms with Crippen LogP contribution in [0.3, 0.4) is 0 Å². The first kappa shape index (κ1) is 17.3. The number of hydrogen-bond acceptors (Lipinski definition) is 3. The van der Waals surface area contributed by atoms with Gasteiger partial charge in [-0.3, -0.25) is 4.79 Å². The predicted molar refractivity (Wildman–Crippen MR) is 101 cm³/mol. The van der Waals surface area contributed by atoms with E-state index in [2.05, 4.69) is 34.7 Å². The molecule has 1 saturated carbocycles. The van der Waals surface area contributed by atoms with Crippen molar-refractivity contribution in [3.63, 3.8) is 0 Å². The molecular formula is C21H27N3O2. The van der Waals surface area contributed by atoms with Gasteiger partial charge in [0.1, 0.15) is 5.82 Å². The third kappa shape index (κ3) is 3.16. The fraction of sp³-hybridized carbons (Fsp3) is 0.524. The number of fused-ring (bicyclic) bond motifs is 1. The maximum atomic E-state index is 12.7. The molecule has 2 aliphatic rings. The molecule has 0 saturated heterocycles. The van der Waals surface area contributed by atoms with Crippen LogP contribution >= 0.6 is 0 Å². The smallest absolute Gasteiger partial charge is 0.228 e. The van der Waals surface area contributed by atoms with E-state index in [4.69, 9.17) is 4.74 Å². The molecule has 0 unspecified atom stereocenters. The number of benzene rings is 1. The van der Waals surface area contributed by atoms with Crippen molar-refractivity contribution in [1.29, 1.82) is 0 Å². The van der Waals surface area contributed by atoms with Crippen molar-refractivity contribution >= 4 is 11.7 Å². The fourth-order valence-electron chi connectivity index (χ4n) is 4.19. The van der Waals surface area contributed by atoms with Crippen molar-refractivity contribution in [3.05, 3.63) is 47.2 Å². The molecule has 138 valence electrons. The summed E-state index contributed by atoms with van der Waals surface area (Å²) in [5.41, 5.74) is 3.74. The van der Waals surface area contributed by atoms with Gasteiger partial charge in [-0.1, -0.05) is 24.3 Å². The molecule has 0 spiro atoms. The van der Waals surface area contributed by atoms with Crippen molar-refractivity contribution in [1.82, 2.24) is 9.78 Å². The van der Waals surface area contributed by atoms with Gasteiger partial charge in [0.05, 0.1) is 18.3 Å². The Labute approximate surface area is 154 Å². The molecule has 0 radical (unpaired) electrons. The average molecular weight is 353 g/mol. The van der Waals surface area contributed by atoms with Gasteiger partial charge < -0.3 is 10.1 Å². The number of ether oxygens (including phenoxy) is 1. The Morgan fingerprint density at radius 3 is 2.96 bits per heavy atom. The molecule has 5 heteroatoms. The number of nitrogens with one attached hydrogen (secondary N) is 1. The molecule has 1 N–H and O–H groups in total. The lowest BCUT2D eigenvalue weighted by Gasteiger charge is -2.34. The van der Waals surface area contributed by atoms with Crippen molar-refractivity contribution < 1.29 is 9.53 Å². The van der Waals surface area contributed by atoms with E-state index in [9.17, 15) is 4.79 Å². The van der Waals surface area contributed by atoms with Crippen LogP contribution in [0, 0.1) is 12.8 Å². The molecule has 1 aromatic heterocycles. The highest BCUT2D eigenvalue weighted by atomic mass is 16.5. The number of rotatable bonds is 5. The van der Waals surface area contributed by atoms with E-state index < -0.39 is 0 Å². The predicted octanol–water partition coefficient (Wildman–Crippen LogP) is 3.87. The quantitative estimate of drug-likeness (QED) is 0.888. The molecule has 2 aliphatic carbocycles. The number of carbonyl (C=O) groups excluding carboxylic acids is 1. The first-order valence-electron chi connectivity index (χ1n) is 9.71. The van der Waals surface area contributed by atoms with E-state index in [1.807, 2.05) is 24.7 Å². The van der Waals surface area contributed by atoms with Gasteiger partial charge in [-0.25, -0.2) is 4.68 Å². The van der Waals surface area contributed by atoms with E-state index in [1.165, 1.54) is 11.1 Å². The van der Waals surface area contributed by atoms with E-state index in [0.29, 0.717) is 6.61 Å². The summed E-state index contributed by atoms with van der Waals surface area (Å²) in [6, 6.07) is 8.79. The highest BCUT2D eigenvalue weighted by Gasteiger charge is 2.36. The van der Waals surface area contributed by atoms with Crippen LogP contribution in [-0.4, -0.2) is 28.4 Å². The molecule has 1 atom stereocenters. The molecule has 26 heavy (non-hydrogen) atoms. The number of aromatic nitrogens is 2. The third-order valence-electron chi connectivity index (χ3n) is 5.72. The summed E-state index contributed by atoms with van der Waals surface area (Å²) < 4.78 is 7.60. The lowest BCUT2D eigenvalue weighted by Crippen LogP contribution is -2.39. The Morgan fingerprint density at radius 1 is 1.35 bits per heavy atom. The molecule has 0 aliphatic heterocycles. The van der Waals surface area contributed by atoms with Crippen LogP contribution in [0.1, 0.15) is 55.3 Å². The Bertz CT molecular complexity index is 792. The average Bonchev–Trinajstić information content (AvgIpc) is 2.97. The zero-order chi connectivity index (χ0) is 18.1. The summed E-state index contributed by atoms with van der Waals surface area (Å²) in [7, 11) is 0. The number of aryl methyl sites for hydroxylation is 2. The molecule has 4 rings (SSSR count). The van der Waals surface area contributed by atoms with Gasteiger partial charge in [0.2, 0.25) is 5.91 Å². The van der Waals surface area contributed by atoms with Crippen molar-refractivity contribution in [2.45, 2.75) is 58.1 Å². The summed E-state index contributed by atoms with van der Waals surface area (Å²) in [4.78, 5) is 12.7. The van der Waals surface area contributed by atoms with Crippen LogP contribution in [0.15, 0.2) is 30.5 Å². The van der Waals surface area contributed by atoms with Crippen molar-refractivity contribution in [3.8, 4) is 0 Å². The highest BCUT2D eigenvalue weighted by Crippen LogP contribution is 2.36. The second-order valence-electron chi connectivity index (χ2n) is 7.46. The lowest BCUT2D eigenvalue weighted by molar-refractivity contribution is -0.128. The molecule has 1 fully saturated rings. The Hall–Kier alpha value is -2.14.